The van der Waals surface area contributed by atoms with Gasteiger partial charge in [-0.1, -0.05) is 37.1 Å². The number of anilines is 1. The van der Waals surface area contributed by atoms with Crippen molar-refractivity contribution in [1.29, 1.82) is 0 Å². The average Bonchev–Trinajstić information content (AvgIpc) is 2.65. The molecule has 0 aliphatic carbocycles. The zero-order chi connectivity index (χ0) is 18.9. The monoisotopic (exact) mass is 371 g/mol. The number of carbonyl (C=O) groups excluding carboxylic acids is 2. The van der Waals surface area contributed by atoms with E-state index in [1.165, 1.54) is 0 Å². The van der Waals surface area contributed by atoms with Crippen LogP contribution in [-0.2, 0) is 4.79 Å². The molecule has 0 aliphatic heterocycles. The zero-order valence-corrected chi connectivity index (χ0v) is 15.6. The molecule has 0 unspecified atom stereocenters. The maximum Gasteiger partial charge on any atom is 0.271 e. The number of halogens is 1. The van der Waals surface area contributed by atoms with Crippen molar-refractivity contribution in [3.05, 3.63) is 64.7 Å². The maximum absolute atomic E-state index is 12.2. The molecule has 2 N–H and O–H groups in total. The Kier molecular flexibility index (Phi) is 7.36. The summed E-state index contributed by atoms with van der Waals surface area (Å²) in [4.78, 5) is 23.9. The molecule has 0 spiro atoms. The predicted molar refractivity (Wildman–Crippen MR) is 106 cm³/mol. The fourth-order valence-corrected chi connectivity index (χ4v) is 2.35. The number of unbranched alkanes of at least 4 members (excludes halogenated alkanes) is 1. The number of rotatable bonds is 7. The van der Waals surface area contributed by atoms with Crippen LogP contribution in [0.2, 0.25) is 5.02 Å². The molecule has 0 atom stereocenters. The van der Waals surface area contributed by atoms with Crippen molar-refractivity contribution < 1.29 is 9.59 Å². The Morgan fingerprint density at radius 2 is 1.62 bits per heavy atom. The number of carbonyl (C=O) groups is 2. The van der Waals surface area contributed by atoms with E-state index in [-0.39, 0.29) is 11.8 Å². The molecule has 2 amide bonds. The van der Waals surface area contributed by atoms with Crippen molar-refractivity contribution in [2.24, 2.45) is 5.10 Å². The first kappa shape index (κ1) is 19.7. The molecule has 2 rings (SSSR count). The van der Waals surface area contributed by atoms with Gasteiger partial charge in [-0.3, -0.25) is 9.59 Å². The number of hydrazone groups is 1. The highest BCUT2D eigenvalue weighted by Gasteiger charge is 2.07. The number of hydrogen-bond donors (Lipinski definition) is 2. The third-order valence-electron chi connectivity index (χ3n) is 3.78. The van der Waals surface area contributed by atoms with Gasteiger partial charge in [0.15, 0.2) is 0 Å². The normalized spacial score (nSPS) is 11.1. The number of nitrogens with zero attached hydrogens (tertiary/aromatic N) is 1. The van der Waals surface area contributed by atoms with E-state index in [1.54, 1.807) is 43.3 Å². The third kappa shape index (κ3) is 6.01. The van der Waals surface area contributed by atoms with E-state index >= 15 is 0 Å². The van der Waals surface area contributed by atoms with Crippen molar-refractivity contribution in [2.45, 2.75) is 33.1 Å². The van der Waals surface area contributed by atoms with Crippen LogP contribution in [0.25, 0.3) is 0 Å². The molecule has 0 bridgehead atoms. The van der Waals surface area contributed by atoms with E-state index in [0.717, 1.165) is 18.4 Å². The lowest BCUT2D eigenvalue weighted by molar-refractivity contribution is -0.116. The fourth-order valence-electron chi connectivity index (χ4n) is 2.22. The zero-order valence-electron chi connectivity index (χ0n) is 14.9. The van der Waals surface area contributed by atoms with Crippen LogP contribution in [0.5, 0.6) is 0 Å². The van der Waals surface area contributed by atoms with Crippen molar-refractivity contribution in [2.75, 3.05) is 5.32 Å². The molecule has 2 aromatic carbocycles. The van der Waals surface area contributed by atoms with Crippen LogP contribution >= 0.6 is 11.6 Å². The number of nitrogens with one attached hydrogen (secondary N) is 2. The van der Waals surface area contributed by atoms with Crippen LogP contribution in [0.3, 0.4) is 0 Å². The maximum atomic E-state index is 12.2. The standard InChI is InChI=1S/C20H22ClN3O2/c1-3-4-5-19(25)22-18-12-8-16(9-13-18)20(26)24-23-14(2)15-6-10-17(21)11-7-15/h6-13H,3-5H2,1-2H3,(H,22,25)(H,24,26)/b23-14+. The van der Waals surface area contributed by atoms with Crippen LogP contribution < -0.4 is 10.7 Å². The minimum atomic E-state index is -0.317. The summed E-state index contributed by atoms with van der Waals surface area (Å²) >= 11 is 5.86. The van der Waals surface area contributed by atoms with Gasteiger partial charge in [0.05, 0.1) is 5.71 Å². The summed E-state index contributed by atoms with van der Waals surface area (Å²) < 4.78 is 0. The molecule has 5 nitrogen and oxygen atoms in total. The van der Waals surface area contributed by atoms with Crippen molar-refractivity contribution in [3.8, 4) is 0 Å². The summed E-state index contributed by atoms with van der Waals surface area (Å²) in [6.07, 6.45) is 2.33. The second-order valence-electron chi connectivity index (χ2n) is 5.87. The van der Waals surface area contributed by atoms with E-state index in [0.29, 0.717) is 28.4 Å². The smallest absolute Gasteiger partial charge is 0.271 e. The molecular weight excluding hydrogens is 350 g/mol. The number of amides is 2. The molecule has 2 aromatic rings. The van der Waals surface area contributed by atoms with Crippen LogP contribution in [-0.4, -0.2) is 17.5 Å². The van der Waals surface area contributed by atoms with Gasteiger partial charge in [0.1, 0.15) is 0 Å². The van der Waals surface area contributed by atoms with Crippen LogP contribution in [0.1, 0.15) is 49.0 Å². The first-order valence-corrected chi connectivity index (χ1v) is 8.88. The molecule has 26 heavy (non-hydrogen) atoms. The van der Waals surface area contributed by atoms with Gasteiger partial charge in [0.25, 0.3) is 5.91 Å². The molecule has 0 saturated carbocycles. The highest BCUT2D eigenvalue weighted by atomic mass is 35.5. The van der Waals surface area contributed by atoms with Gasteiger partial charge in [-0.05, 0) is 55.3 Å². The van der Waals surface area contributed by atoms with Gasteiger partial charge < -0.3 is 5.32 Å². The Morgan fingerprint density at radius 1 is 1.00 bits per heavy atom. The minimum absolute atomic E-state index is 0.0211. The Hall–Kier alpha value is -2.66. The molecule has 0 fully saturated rings. The van der Waals surface area contributed by atoms with Gasteiger partial charge in [-0.2, -0.15) is 5.10 Å². The van der Waals surface area contributed by atoms with E-state index in [1.807, 2.05) is 19.1 Å². The van der Waals surface area contributed by atoms with Gasteiger partial charge in [0, 0.05) is 22.7 Å². The Bertz CT molecular complexity index is 784. The third-order valence-corrected chi connectivity index (χ3v) is 4.03. The average molecular weight is 372 g/mol. The summed E-state index contributed by atoms with van der Waals surface area (Å²) in [6.45, 7) is 3.84. The van der Waals surface area contributed by atoms with Gasteiger partial charge >= 0.3 is 0 Å². The molecule has 0 radical (unpaired) electrons. The lowest BCUT2D eigenvalue weighted by Gasteiger charge is -2.06. The molecular formula is C20H22ClN3O2. The Labute approximate surface area is 158 Å². The van der Waals surface area contributed by atoms with Crippen LogP contribution in [0, 0.1) is 0 Å². The predicted octanol–water partition coefficient (Wildman–Crippen LogP) is 4.62. The summed E-state index contributed by atoms with van der Waals surface area (Å²) in [5.41, 5.74) is 5.21. The highest BCUT2D eigenvalue weighted by molar-refractivity contribution is 6.30. The van der Waals surface area contributed by atoms with E-state index in [9.17, 15) is 9.59 Å². The molecule has 6 heteroatoms. The van der Waals surface area contributed by atoms with Crippen molar-refractivity contribution >= 4 is 34.8 Å². The summed E-state index contributed by atoms with van der Waals surface area (Å²) in [7, 11) is 0. The fraction of sp³-hybridized carbons (Fsp3) is 0.250. The second-order valence-corrected chi connectivity index (χ2v) is 6.31. The lowest BCUT2D eigenvalue weighted by atomic mass is 10.1. The lowest BCUT2D eigenvalue weighted by Crippen LogP contribution is -2.19. The van der Waals surface area contributed by atoms with Crippen LogP contribution in [0.4, 0.5) is 5.69 Å². The molecule has 0 saturated heterocycles. The van der Waals surface area contributed by atoms with E-state index in [4.69, 9.17) is 11.6 Å². The molecule has 0 aliphatic rings. The summed E-state index contributed by atoms with van der Waals surface area (Å²) in [5, 5.41) is 7.57. The minimum Gasteiger partial charge on any atom is -0.326 e. The molecule has 0 heterocycles. The van der Waals surface area contributed by atoms with Crippen LogP contribution in [0.15, 0.2) is 53.6 Å². The summed E-state index contributed by atoms with van der Waals surface area (Å²) in [6, 6.07) is 13.9. The van der Waals surface area contributed by atoms with Gasteiger partial charge in [0.2, 0.25) is 5.91 Å². The second kappa shape index (κ2) is 9.73. The quantitative estimate of drug-likeness (QED) is 0.550. The van der Waals surface area contributed by atoms with Gasteiger partial charge in [-0.25, -0.2) is 5.43 Å². The molecule has 136 valence electrons. The van der Waals surface area contributed by atoms with Crippen molar-refractivity contribution in [1.82, 2.24) is 5.43 Å². The highest BCUT2D eigenvalue weighted by Crippen LogP contribution is 2.12. The molecule has 0 aromatic heterocycles. The van der Waals surface area contributed by atoms with Gasteiger partial charge in [-0.15, -0.1) is 0 Å². The topological polar surface area (TPSA) is 70.6 Å². The SMILES string of the molecule is CCCCC(=O)Nc1ccc(C(=O)N/N=C(\C)c2ccc(Cl)cc2)cc1. The van der Waals surface area contributed by atoms with E-state index in [2.05, 4.69) is 15.8 Å². The number of benzene rings is 2. The Morgan fingerprint density at radius 3 is 2.23 bits per heavy atom. The van der Waals surface area contributed by atoms with Crippen molar-refractivity contribution in [3.63, 3.8) is 0 Å². The van der Waals surface area contributed by atoms with E-state index < -0.39 is 0 Å². The summed E-state index contributed by atoms with van der Waals surface area (Å²) in [5.74, 6) is -0.339. The first-order valence-electron chi connectivity index (χ1n) is 8.50. The first-order chi connectivity index (χ1) is 12.5. The largest absolute Gasteiger partial charge is 0.326 e. The Balaban J connectivity index is 1.94. The number of hydrogen-bond acceptors (Lipinski definition) is 3.